The smallest absolute Gasteiger partial charge is 0.269 e. The van der Waals surface area contributed by atoms with Gasteiger partial charge in [0.15, 0.2) is 0 Å². The molecule has 0 saturated heterocycles. The largest absolute Gasteiger partial charge is 0.488 e. The third kappa shape index (κ3) is 4.37. The quantitative estimate of drug-likeness (QED) is 0.675. The molecule has 0 radical (unpaired) electrons. The number of nitro benzene ring substituents is 1. The fourth-order valence-electron chi connectivity index (χ4n) is 1.88. The van der Waals surface area contributed by atoms with E-state index >= 15 is 0 Å². The predicted octanol–water partition coefficient (Wildman–Crippen LogP) is 2.45. The molecule has 0 aliphatic rings. The summed E-state index contributed by atoms with van der Waals surface area (Å²) >= 11 is 0. The van der Waals surface area contributed by atoms with E-state index in [0.29, 0.717) is 5.75 Å². The van der Waals surface area contributed by atoms with Crippen molar-refractivity contribution in [1.29, 1.82) is 0 Å². The number of nitro groups is 1. The average molecular weight is 314 g/mol. The van der Waals surface area contributed by atoms with Crippen LogP contribution in [0.25, 0.3) is 0 Å². The van der Waals surface area contributed by atoms with Crippen molar-refractivity contribution in [2.75, 3.05) is 0 Å². The summed E-state index contributed by atoms with van der Waals surface area (Å²) < 4.78 is 5.58. The lowest BCUT2D eigenvalue weighted by Gasteiger charge is -2.10. The fourth-order valence-corrected chi connectivity index (χ4v) is 1.88. The molecule has 0 fully saturated rings. The van der Waals surface area contributed by atoms with E-state index in [-0.39, 0.29) is 17.9 Å². The summed E-state index contributed by atoms with van der Waals surface area (Å²) in [6, 6.07) is 12.4. The van der Waals surface area contributed by atoms with E-state index in [1.807, 2.05) is 0 Å². The molecule has 2 rings (SSSR count). The van der Waals surface area contributed by atoms with E-state index in [9.17, 15) is 19.7 Å². The van der Waals surface area contributed by atoms with Gasteiger partial charge in [-0.05, 0) is 29.8 Å². The molecule has 0 aromatic heterocycles. The Bertz CT molecular complexity index is 740. The van der Waals surface area contributed by atoms with Gasteiger partial charge in [0.25, 0.3) is 11.6 Å². The topological polar surface area (TPSA) is 98.5 Å². The third-order valence-corrected chi connectivity index (χ3v) is 2.96. The number of amides is 2. The number of hydrogen-bond donors (Lipinski definition) is 1. The second-order valence-electron chi connectivity index (χ2n) is 4.72. The molecule has 0 bridgehead atoms. The van der Waals surface area contributed by atoms with Crippen LogP contribution in [-0.2, 0) is 11.4 Å². The lowest BCUT2D eigenvalue weighted by atomic mass is 10.2. The summed E-state index contributed by atoms with van der Waals surface area (Å²) in [4.78, 5) is 33.0. The van der Waals surface area contributed by atoms with Crippen LogP contribution in [0.2, 0.25) is 0 Å². The Morgan fingerprint density at radius 1 is 1.13 bits per heavy atom. The zero-order chi connectivity index (χ0) is 16.8. The zero-order valence-corrected chi connectivity index (χ0v) is 12.3. The number of benzene rings is 2. The van der Waals surface area contributed by atoms with E-state index in [1.165, 1.54) is 19.1 Å². The Balaban J connectivity index is 2.10. The first-order chi connectivity index (χ1) is 11.0. The molecule has 0 aliphatic carbocycles. The summed E-state index contributed by atoms with van der Waals surface area (Å²) in [5.74, 6) is -0.679. The van der Waals surface area contributed by atoms with Crippen LogP contribution in [-0.4, -0.2) is 16.7 Å². The number of nitrogens with one attached hydrogen (secondary N) is 1. The summed E-state index contributed by atoms with van der Waals surface area (Å²) in [5, 5.41) is 12.8. The van der Waals surface area contributed by atoms with E-state index in [2.05, 4.69) is 5.32 Å². The Labute approximate surface area is 132 Å². The fraction of sp³-hybridized carbons (Fsp3) is 0.125. The van der Waals surface area contributed by atoms with Gasteiger partial charge in [0, 0.05) is 19.1 Å². The standard InChI is InChI=1S/C16H14N2O5/c1-11(19)17-16(20)14-4-2-3-5-15(14)23-10-12-6-8-13(9-7-12)18(21)22/h2-9H,10H2,1H3,(H,17,19,20). The molecule has 0 saturated carbocycles. The van der Waals surface area contributed by atoms with Gasteiger partial charge in [-0.25, -0.2) is 0 Å². The van der Waals surface area contributed by atoms with Crippen molar-refractivity contribution in [2.24, 2.45) is 0 Å². The van der Waals surface area contributed by atoms with Crippen LogP contribution in [0.15, 0.2) is 48.5 Å². The number of imide groups is 1. The van der Waals surface area contributed by atoms with Crippen LogP contribution in [0.3, 0.4) is 0 Å². The highest BCUT2D eigenvalue weighted by Gasteiger charge is 2.13. The summed E-state index contributed by atoms with van der Waals surface area (Å²) in [6.07, 6.45) is 0. The number of rotatable bonds is 5. The van der Waals surface area contributed by atoms with Gasteiger partial charge < -0.3 is 4.74 Å². The normalized spacial score (nSPS) is 9.96. The van der Waals surface area contributed by atoms with Crippen molar-refractivity contribution in [3.8, 4) is 5.75 Å². The Morgan fingerprint density at radius 2 is 1.78 bits per heavy atom. The van der Waals surface area contributed by atoms with Gasteiger partial charge in [-0.15, -0.1) is 0 Å². The van der Waals surface area contributed by atoms with E-state index in [4.69, 9.17) is 4.74 Å². The Kier molecular flexibility index (Phi) is 5.03. The van der Waals surface area contributed by atoms with Crippen LogP contribution in [0.5, 0.6) is 5.75 Å². The second kappa shape index (κ2) is 7.17. The van der Waals surface area contributed by atoms with Gasteiger partial charge >= 0.3 is 0 Å². The molecule has 0 atom stereocenters. The molecule has 0 unspecified atom stereocenters. The van der Waals surface area contributed by atoms with E-state index in [0.717, 1.165) is 5.56 Å². The molecule has 0 spiro atoms. The van der Waals surface area contributed by atoms with Crippen molar-refractivity contribution in [2.45, 2.75) is 13.5 Å². The first-order valence-electron chi connectivity index (χ1n) is 6.74. The maximum Gasteiger partial charge on any atom is 0.269 e. The maximum absolute atomic E-state index is 11.9. The molecule has 23 heavy (non-hydrogen) atoms. The number of nitrogens with zero attached hydrogens (tertiary/aromatic N) is 1. The zero-order valence-electron chi connectivity index (χ0n) is 12.3. The van der Waals surface area contributed by atoms with Gasteiger partial charge in [-0.3, -0.25) is 25.0 Å². The molecule has 0 heterocycles. The molecule has 0 aliphatic heterocycles. The van der Waals surface area contributed by atoms with Gasteiger partial charge in [0.2, 0.25) is 5.91 Å². The maximum atomic E-state index is 11.9. The summed E-state index contributed by atoms with van der Waals surface area (Å²) in [7, 11) is 0. The second-order valence-corrected chi connectivity index (χ2v) is 4.72. The van der Waals surface area contributed by atoms with Gasteiger partial charge in [-0.1, -0.05) is 12.1 Å². The number of carbonyl (C=O) groups is 2. The number of ether oxygens (including phenoxy) is 1. The Hall–Kier alpha value is -3.22. The number of carbonyl (C=O) groups excluding carboxylic acids is 2. The number of non-ortho nitro benzene ring substituents is 1. The minimum Gasteiger partial charge on any atom is -0.488 e. The average Bonchev–Trinajstić information content (AvgIpc) is 2.53. The van der Waals surface area contributed by atoms with Gasteiger partial charge in [-0.2, -0.15) is 0 Å². The van der Waals surface area contributed by atoms with Crippen molar-refractivity contribution >= 4 is 17.5 Å². The minimum atomic E-state index is -0.545. The van der Waals surface area contributed by atoms with Crippen LogP contribution in [0.1, 0.15) is 22.8 Å². The molecule has 1 N–H and O–H groups in total. The van der Waals surface area contributed by atoms with Crippen molar-refractivity contribution in [3.05, 3.63) is 69.8 Å². The van der Waals surface area contributed by atoms with Crippen molar-refractivity contribution in [3.63, 3.8) is 0 Å². The number of hydrogen-bond acceptors (Lipinski definition) is 5. The number of para-hydroxylation sites is 1. The monoisotopic (exact) mass is 314 g/mol. The molecular formula is C16H14N2O5. The molecule has 2 aromatic rings. The highest BCUT2D eigenvalue weighted by Crippen LogP contribution is 2.20. The summed E-state index contributed by atoms with van der Waals surface area (Å²) in [5.41, 5.74) is 0.956. The Morgan fingerprint density at radius 3 is 2.39 bits per heavy atom. The van der Waals surface area contributed by atoms with Crippen LogP contribution < -0.4 is 10.1 Å². The SMILES string of the molecule is CC(=O)NC(=O)c1ccccc1OCc1ccc([N+](=O)[O-])cc1. The summed E-state index contributed by atoms with van der Waals surface area (Å²) in [6.45, 7) is 1.39. The first kappa shape index (κ1) is 16.2. The van der Waals surface area contributed by atoms with Crippen molar-refractivity contribution in [1.82, 2.24) is 5.32 Å². The molecule has 2 aromatic carbocycles. The predicted molar refractivity (Wildman–Crippen MR) is 82.0 cm³/mol. The van der Waals surface area contributed by atoms with Gasteiger partial charge in [0.1, 0.15) is 12.4 Å². The van der Waals surface area contributed by atoms with E-state index < -0.39 is 16.7 Å². The lowest BCUT2D eigenvalue weighted by molar-refractivity contribution is -0.384. The minimum absolute atomic E-state index is 0.00464. The highest BCUT2D eigenvalue weighted by molar-refractivity contribution is 6.05. The van der Waals surface area contributed by atoms with Crippen LogP contribution in [0.4, 0.5) is 5.69 Å². The molecule has 7 nitrogen and oxygen atoms in total. The molecule has 2 amide bonds. The highest BCUT2D eigenvalue weighted by atomic mass is 16.6. The van der Waals surface area contributed by atoms with Crippen LogP contribution in [0, 0.1) is 10.1 Å². The molecule has 7 heteroatoms. The molecule has 118 valence electrons. The van der Waals surface area contributed by atoms with Gasteiger partial charge in [0.05, 0.1) is 10.5 Å². The van der Waals surface area contributed by atoms with E-state index in [1.54, 1.807) is 36.4 Å². The first-order valence-corrected chi connectivity index (χ1v) is 6.74. The lowest BCUT2D eigenvalue weighted by Crippen LogP contribution is -2.28. The van der Waals surface area contributed by atoms with Crippen molar-refractivity contribution < 1.29 is 19.2 Å². The molecular weight excluding hydrogens is 300 g/mol. The third-order valence-electron chi connectivity index (χ3n) is 2.96. The van der Waals surface area contributed by atoms with Crippen LogP contribution >= 0.6 is 0 Å².